The Morgan fingerprint density at radius 1 is 1.15 bits per heavy atom. The fourth-order valence-electron chi connectivity index (χ4n) is 2.45. The Morgan fingerprint density at radius 3 is 2.45 bits per heavy atom. The first-order valence-electron chi connectivity index (χ1n) is 7.32. The van der Waals surface area contributed by atoms with E-state index in [0.717, 1.165) is 32.7 Å². The Balaban J connectivity index is 1.68. The van der Waals surface area contributed by atoms with Gasteiger partial charge in [0.15, 0.2) is 0 Å². The molecule has 0 saturated carbocycles. The molecular weight excluding hydrogens is 260 g/mol. The number of carbonyl (C=O) groups is 2. The summed E-state index contributed by atoms with van der Waals surface area (Å²) < 4.78 is 4.89. The van der Waals surface area contributed by atoms with Gasteiger partial charge in [0.1, 0.15) is 0 Å². The first-order chi connectivity index (χ1) is 9.66. The molecular formula is C13H24N4O3. The fourth-order valence-corrected chi connectivity index (χ4v) is 2.45. The van der Waals surface area contributed by atoms with Gasteiger partial charge in [0.2, 0.25) is 0 Å². The molecule has 1 N–H and O–H groups in total. The molecule has 0 aromatic carbocycles. The molecule has 20 heavy (non-hydrogen) atoms. The highest BCUT2D eigenvalue weighted by atomic mass is 16.6. The van der Waals surface area contributed by atoms with Crippen LogP contribution in [0, 0.1) is 0 Å². The number of nitrogens with one attached hydrogen (secondary N) is 1. The van der Waals surface area contributed by atoms with Crippen LogP contribution in [0.1, 0.15) is 12.8 Å². The molecule has 0 atom stereocenters. The highest BCUT2D eigenvalue weighted by molar-refractivity contribution is 5.83. The lowest BCUT2D eigenvalue weighted by Crippen LogP contribution is -2.48. The van der Waals surface area contributed by atoms with Gasteiger partial charge in [-0.2, -0.15) is 0 Å². The van der Waals surface area contributed by atoms with Gasteiger partial charge in [-0.3, -0.25) is 0 Å². The number of amides is 2. The smallest absolute Gasteiger partial charge is 0.359 e. The number of hydrogen-bond donors (Lipinski definition) is 1. The molecule has 114 valence electrons. The summed E-state index contributed by atoms with van der Waals surface area (Å²) in [7, 11) is 1.67. The summed E-state index contributed by atoms with van der Waals surface area (Å²) in [5.74, 6) is 0. The second-order valence-electron chi connectivity index (χ2n) is 5.34. The van der Waals surface area contributed by atoms with Gasteiger partial charge in [-0.05, 0) is 25.9 Å². The number of likely N-dealkylation sites (tertiary alicyclic amines) is 1. The van der Waals surface area contributed by atoms with Gasteiger partial charge in [-0.25, -0.2) is 9.59 Å². The molecule has 2 saturated heterocycles. The highest BCUT2D eigenvalue weighted by Crippen LogP contribution is 2.07. The highest BCUT2D eigenvalue weighted by Gasteiger charge is 2.22. The molecule has 0 radical (unpaired) electrons. The van der Waals surface area contributed by atoms with Crippen molar-refractivity contribution in [2.45, 2.75) is 12.8 Å². The summed E-state index contributed by atoms with van der Waals surface area (Å²) in [5, 5.41) is 3.15. The standard InChI is InChI=1S/C13H24N4O3/c1-15(10-11-16-6-2-3-7-16)12(18)20-13(19)17-8-4-14-5-9-17/h14H,2-11H2,1H3. The molecule has 0 aliphatic carbocycles. The van der Waals surface area contributed by atoms with Crippen LogP contribution in [0.3, 0.4) is 0 Å². The topological polar surface area (TPSA) is 65.1 Å². The first kappa shape index (κ1) is 15.1. The molecule has 2 fully saturated rings. The van der Waals surface area contributed by atoms with Crippen molar-refractivity contribution in [2.24, 2.45) is 0 Å². The van der Waals surface area contributed by atoms with Gasteiger partial charge in [0, 0.05) is 46.3 Å². The third-order valence-electron chi connectivity index (χ3n) is 3.81. The monoisotopic (exact) mass is 284 g/mol. The third kappa shape index (κ3) is 4.35. The normalized spacial score (nSPS) is 19.9. The zero-order valence-electron chi connectivity index (χ0n) is 12.1. The second kappa shape index (κ2) is 7.44. The molecule has 7 heteroatoms. The van der Waals surface area contributed by atoms with Gasteiger partial charge in [0.05, 0.1) is 0 Å². The van der Waals surface area contributed by atoms with E-state index in [1.165, 1.54) is 17.7 Å². The Bertz CT molecular complexity index is 339. The molecule has 7 nitrogen and oxygen atoms in total. The summed E-state index contributed by atoms with van der Waals surface area (Å²) in [6, 6.07) is 0. The van der Waals surface area contributed by atoms with E-state index in [1.54, 1.807) is 11.9 Å². The van der Waals surface area contributed by atoms with E-state index in [1.807, 2.05) is 0 Å². The number of rotatable bonds is 3. The number of ether oxygens (including phenoxy) is 1. The predicted octanol–water partition coefficient (Wildman–Crippen LogP) is 0.176. The van der Waals surface area contributed by atoms with Crippen LogP contribution < -0.4 is 5.32 Å². The van der Waals surface area contributed by atoms with Crippen LogP contribution in [-0.2, 0) is 4.74 Å². The molecule has 0 spiro atoms. The van der Waals surface area contributed by atoms with Crippen LogP contribution in [0.25, 0.3) is 0 Å². The van der Waals surface area contributed by atoms with Crippen molar-refractivity contribution in [3.05, 3.63) is 0 Å². The summed E-state index contributed by atoms with van der Waals surface area (Å²) in [5.41, 5.74) is 0. The van der Waals surface area contributed by atoms with E-state index < -0.39 is 12.2 Å². The zero-order chi connectivity index (χ0) is 14.4. The van der Waals surface area contributed by atoms with E-state index in [4.69, 9.17) is 4.74 Å². The minimum atomic E-state index is -0.562. The molecule has 0 unspecified atom stereocenters. The van der Waals surface area contributed by atoms with Gasteiger partial charge < -0.3 is 24.8 Å². The summed E-state index contributed by atoms with van der Waals surface area (Å²) in [6.07, 6.45) is 1.36. The second-order valence-corrected chi connectivity index (χ2v) is 5.34. The maximum Gasteiger partial charge on any atom is 0.418 e. The van der Waals surface area contributed by atoms with Crippen molar-refractivity contribution in [1.82, 2.24) is 20.0 Å². The first-order valence-corrected chi connectivity index (χ1v) is 7.32. The average molecular weight is 284 g/mol. The van der Waals surface area contributed by atoms with Crippen LogP contribution in [0.4, 0.5) is 9.59 Å². The number of piperazine rings is 1. The van der Waals surface area contributed by atoms with Gasteiger partial charge in [-0.1, -0.05) is 0 Å². The summed E-state index contributed by atoms with van der Waals surface area (Å²) in [6.45, 7) is 6.29. The molecule has 0 aromatic heterocycles. The van der Waals surface area contributed by atoms with Gasteiger partial charge in [-0.15, -0.1) is 0 Å². The largest absolute Gasteiger partial charge is 0.418 e. The van der Waals surface area contributed by atoms with Crippen molar-refractivity contribution in [1.29, 1.82) is 0 Å². The number of hydrogen-bond acceptors (Lipinski definition) is 5. The molecule has 2 amide bonds. The molecule has 0 aromatic rings. The molecule has 2 heterocycles. The van der Waals surface area contributed by atoms with Gasteiger partial charge >= 0.3 is 12.2 Å². The average Bonchev–Trinajstić information content (AvgIpc) is 2.98. The van der Waals surface area contributed by atoms with E-state index in [-0.39, 0.29) is 0 Å². The van der Waals surface area contributed by atoms with Crippen molar-refractivity contribution < 1.29 is 14.3 Å². The van der Waals surface area contributed by atoms with Crippen LogP contribution in [0.5, 0.6) is 0 Å². The fraction of sp³-hybridized carbons (Fsp3) is 0.846. The molecule has 2 rings (SSSR count). The Hall–Kier alpha value is -1.34. The van der Waals surface area contributed by atoms with E-state index in [0.29, 0.717) is 19.6 Å². The van der Waals surface area contributed by atoms with Crippen LogP contribution >= 0.6 is 0 Å². The van der Waals surface area contributed by atoms with Crippen molar-refractivity contribution in [2.75, 3.05) is 59.4 Å². The SMILES string of the molecule is CN(CCN1CCCC1)C(=O)OC(=O)N1CCNCC1. The molecule has 2 aliphatic rings. The Labute approximate surface area is 119 Å². The Morgan fingerprint density at radius 2 is 1.80 bits per heavy atom. The number of nitrogens with zero attached hydrogens (tertiary/aromatic N) is 3. The third-order valence-corrected chi connectivity index (χ3v) is 3.81. The minimum absolute atomic E-state index is 0.537. The quantitative estimate of drug-likeness (QED) is 0.749. The van der Waals surface area contributed by atoms with E-state index >= 15 is 0 Å². The molecule has 2 aliphatic heterocycles. The maximum absolute atomic E-state index is 11.8. The maximum atomic E-state index is 11.8. The molecule has 0 bridgehead atoms. The Kier molecular flexibility index (Phi) is 5.60. The number of likely N-dealkylation sites (N-methyl/N-ethyl adjacent to an activating group) is 1. The van der Waals surface area contributed by atoms with E-state index in [2.05, 4.69) is 10.2 Å². The van der Waals surface area contributed by atoms with Crippen molar-refractivity contribution >= 4 is 12.2 Å². The van der Waals surface area contributed by atoms with Crippen LogP contribution in [0.2, 0.25) is 0 Å². The van der Waals surface area contributed by atoms with Crippen molar-refractivity contribution in [3.8, 4) is 0 Å². The number of carbonyl (C=O) groups excluding carboxylic acids is 2. The lowest BCUT2D eigenvalue weighted by Gasteiger charge is -2.27. The van der Waals surface area contributed by atoms with Crippen LogP contribution in [0.15, 0.2) is 0 Å². The lowest BCUT2D eigenvalue weighted by molar-refractivity contribution is 0.0941. The zero-order valence-corrected chi connectivity index (χ0v) is 12.1. The van der Waals surface area contributed by atoms with Crippen LogP contribution in [-0.4, -0.2) is 86.3 Å². The predicted molar refractivity (Wildman–Crippen MR) is 74.6 cm³/mol. The van der Waals surface area contributed by atoms with Gasteiger partial charge in [0.25, 0.3) is 0 Å². The van der Waals surface area contributed by atoms with E-state index in [9.17, 15) is 9.59 Å². The lowest BCUT2D eigenvalue weighted by atomic mass is 10.4. The summed E-state index contributed by atoms with van der Waals surface area (Å²) >= 11 is 0. The summed E-state index contributed by atoms with van der Waals surface area (Å²) in [4.78, 5) is 29.0. The van der Waals surface area contributed by atoms with Crippen molar-refractivity contribution in [3.63, 3.8) is 0 Å². The minimum Gasteiger partial charge on any atom is -0.359 e.